The molecule has 0 spiro atoms. The van der Waals surface area contributed by atoms with E-state index in [0.29, 0.717) is 5.92 Å². The van der Waals surface area contributed by atoms with E-state index in [1.807, 2.05) is 13.0 Å². The van der Waals surface area contributed by atoms with Gasteiger partial charge in [0.25, 0.3) is 0 Å². The molecule has 4 nitrogen and oxygen atoms in total. The van der Waals surface area contributed by atoms with Gasteiger partial charge in [0.05, 0.1) is 18.9 Å². The zero-order valence-corrected chi connectivity index (χ0v) is 14.1. The average molecular weight is 314 g/mol. The van der Waals surface area contributed by atoms with Crippen LogP contribution in [0.2, 0.25) is 0 Å². The Morgan fingerprint density at radius 2 is 1.91 bits per heavy atom. The molecule has 1 unspecified atom stereocenters. The number of aryl methyl sites for hydroxylation is 2. The van der Waals surface area contributed by atoms with Crippen molar-refractivity contribution >= 4 is 0 Å². The van der Waals surface area contributed by atoms with Gasteiger partial charge in [-0.25, -0.2) is 0 Å². The molecule has 1 saturated heterocycles. The molecule has 2 heterocycles. The maximum Gasteiger partial charge on any atom is 0.137 e. The van der Waals surface area contributed by atoms with Crippen LogP contribution in [0, 0.1) is 6.92 Å². The molecular formula is C19H26N2O2. The summed E-state index contributed by atoms with van der Waals surface area (Å²) in [6.07, 6.45) is 2.02. The van der Waals surface area contributed by atoms with Crippen LogP contribution in [0.3, 0.4) is 0 Å². The molecular weight excluding hydrogens is 288 g/mol. The van der Waals surface area contributed by atoms with Crippen LogP contribution in [0.25, 0.3) is 0 Å². The van der Waals surface area contributed by atoms with Gasteiger partial charge < -0.3 is 9.26 Å². The number of hydrogen-bond acceptors (Lipinski definition) is 4. The first kappa shape index (κ1) is 16.2. The number of aromatic nitrogens is 1. The number of benzene rings is 1. The third-order valence-electron chi connectivity index (χ3n) is 4.56. The van der Waals surface area contributed by atoms with Gasteiger partial charge in [-0.15, -0.1) is 0 Å². The second kappa shape index (κ2) is 7.75. The minimum Gasteiger partial charge on any atom is -0.379 e. The van der Waals surface area contributed by atoms with E-state index in [0.717, 1.165) is 57.1 Å². The zero-order valence-electron chi connectivity index (χ0n) is 14.1. The predicted octanol–water partition coefficient (Wildman–Crippen LogP) is 3.55. The molecule has 0 N–H and O–H groups in total. The fourth-order valence-corrected chi connectivity index (χ4v) is 3.03. The summed E-state index contributed by atoms with van der Waals surface area (Å²) in [7, 11) is 0. The van der Waals surface area contributed by atoms with Gasteiger partial charge in [0.15, 0.2) is 0 Å². The number of ether oxygens (including phenoxy) is 1. The number of hydrogen-bond donors (Lipinski definition) is 0. The van der Waals surface area contributed by atoms with E-state index in [2.05, 4.69) is 41.2 Å². The summed E-state index contributed by atoms with van der Waals surface area (Å²) in [6.45, 7) is 9.05. The lowest BCUT2D eigenvalue weighted by Crippen LogP contribution is -2.35. The Hall–Kier alpha value is -1.65. The maximum atomic E-state index is 5.40. The molecule has 0 aliphatic carbocycles. The molecule has 1 aromatic carbocycles. The Balaban J connectivity index is 1.51. The molecule has 1 aliphatic rings. The van der Waals surface area contributed by atoms with Crippen molar-refractivity contribution in [3.05, 3.63) is 52.9 Å². The maximum absolute atomic E-state index is 5.40. The highest BCUT2D eigenvalue weighted by atomic mass is 16.5. The molecule has 1 aliphatic heterocycles. The summed E-state index contributed by atoms with van der Waals surface area (Å²) < 4.78 is 10.7. The molecule has 0 amide bonds. The van der Waals surface area contributed by atoms with Gasteiger partial charge in [-0.3, -0.25) is 4.90 Å². The second-order valence-electron chi connectivity index (χ2n) is 6.50. The summed E-state index contributed by atoms with van der Waals surface area (Å²) in [5.74, 6) is 1.51. The first-order valence-electron chi connectivity index (χ1n) is 8.52. The molecule has 0 radical (unpaired) electrons. The predicted molar refractivity (Wildman–Crippen MR) is 90.5 cm³/mol. The van der Waals surface area contributed by atoms with Crippen molar-refractivity contribution in [3.63, 3.8) is 0 Å². The number of nitrogens with zero attached hydrogens (tertiary/aromatic N) is 2. The fourth-order valence-electron chi connectivity index (χ4n) is 3.03. The molecule has 3 rings (SSSR count). The summed E-state index contributed by atoms with van der Waals surface area (Å²) in [5, 5.41) is 3.95. The summed E-state index contributed by atoms with van der Waals surface area (Å²) in [4.78, 5) is 2.45. The van der Waals surface area contributed by atoms with Crippen molar-refractivity contribution in [2.45, 2.75) is 39.2 Å². The zero-order chi connectivity index (χ0) is 16.1. The highest BCUT2D eigenvalue weighted by Crippen LogP contribution is 2.22. The van der Waals surface area contributed by atoms with Crippen LogP contribution in [0.4, 0.5) is 0 Å². The lowest BCUT2D eigenvalue weighted by atomic mass is 9.94. The molecule has 2 aromatic rings. The Morgan fingerprint density at radius 1 is 1.17 bits per heavy atom. The third kappa shape index (κ3) is 4.66. The molecule has 1 fully saturated rings. The van der Waals surface area contributed by atoms with Gasteiger partial charge in [0.1, 0.15) is 5.76 Å². The van der Waals surface area contributed by atoms with Crippen molar-refractivity contribution < 1.29 is 9.26 Å². The topological polar surface area (TPSA) is 38.5 Å². The summed E-state index contributed by atoms with van der Waals surface area (Å²) >= 11 is 0. The molecule has 23 heavy (non-hydrogen) atoms. The molecule has 0 saturated carbocycles. The lowest BCUT2D eigenvalue weighted by molar-refractivity contribution is 0.0342. The third-order valence-corrected chi connectivity index (χ3v) is 4.56. The molecule has 1 aromatic heterocycles. The van der Waals surface area contributed by atoms with Gasteiger partial charge in [-0.1, -0.05) is 36.3 Å². The monoisotopic (exact) mass is 314 g/mol. The summed E-state index contributed by atoms with van der Waals surface area (Å²) in [6, 6.07) is 11.1. The van der Waals surface area contributed by atoms with E-state index in [1.165, 1.54) is 11.1 Å². The quantitative estimate of drug-likeness (QED) is 0.817. The number of morpholine rings is 1. The number of rotatable bonds is 6. The van der Waals surface area contributed by atoms with Gasteiger partial charge in [-0.2, -0.15) is 0 Å². The largest absolute Gasteiger partial charge is 0.379 e. The first-order valence-corrected chi connectivity index (χ1v) is 8.52. The smallest absolute Gasteiger partial charge is 0.137 e. The van der Waals surface area contributed by atoms with Crippen LogP contribution in [0.5, 0.6) is 0 Å². The Labute approximate surface area is 138 Å². The highest BCUT2D eigenvalue weighted by molar-refractivity contribution is 5.25. The van der Waals surface area contributed by atoms with Gasteiger partial charge in [-0.05, 0) is 30.4 Å². The highest BCUT2D eigenvalue weighted by Gasteiger charge is 2.12. The Morgan fingerprint density at radius 3 is 2.57 bits per heavy atom. The van der Waals surface area contributed by atoms with E-state index in [9.17, 15) is 0 Å². The van der Waals surface area contributed by atoms with E-state index < -0.39 is 0 Å². The van der Waals surface area contributed by atoms with Crippen LogP contribution < -0.4 is 0 Å². The van der Waals surface area contributed by atoms with Crippen LogP contribution in [0.1, 0.15) is 41.8 Å². The molecule has 0 bridgehead atoms. The van der Waals surface area contributed by atoms with Crippen molar-refractivity contribution in [2.75, 3.05) is 26.3 Å². The SMILES string of the molecule is Cc1cc(CCC(C)c2ccc(CN3CCOCC3)cc2)on1. The molecule has 4 heteroatoms. The normalized spacial score (nSPS) is 17.3. The van der Waals surface area contributed by atoms with E-state index in [1.54, 1.807) is 0 Å². The minimum atomic E-state index is 0.526. The van der Waals surface area contributed by atoms with Crippen LogP contribution in [0.15, 0.2) is 34.9 Å². The van der Waals surface area contributed by atoms with Crippen molar-refractivity contribution in [3.8, 4) is 0 Å². The van der Waals surface area contributed by atoms with Gasteiger partial charge in [0.2, 0.25) is 0 Å². The minimum absolute atomic E-state index is 0.526. The second-order valence-corrected chi connectivity index (χ2v) is 6.50. The summed E-state index contributed by atoms with van der Waals surface area (Å²) in [5.41, 5.74) is 3.74. The van der Waals surface area contributed by atoms with Crippen molar-refractivity contribution in [1.82, 2.24) is 10.1 Å². The Bertz CT molecular complexity index is 600. The van der Waals surface area contributed by atoms with Crippen molar-refractivity contribution in [2.24, 2.45) is 0 Å². The van der Waals surface area contributed by atoms with Gasteiger partial charge in [0, 0.05) is 32.1 Å². The van der Waals surface area contributed by atoms with Crippen LogP contribution in [-0.2, 0) is 17.7 Å². The van der Waals surface area contributed by atoms with E-state index in [4.69, 9.17) is 9.26 Å². The van der Waals surface area contributed by atoms with Crippen molar-refractivity contribution in [1.29, 1.82) is 0 Å². The standard InChI is InChI=1S/C19H26N2O2/c1-15(3-8-19-13-16(2)20-23-19)18-6-4-17(5-7-18)14-21-9-11-22-12-10-21/h4-7,13,15H,3,8-12,14H2,1-2H3. The van der Waals surface area contributed by atoms with E-state index in [-0.39, 0.29) is 0 Å². The van der Waals surface area contributed by atoms with Crippen LogP contribution >= 0.6 is 0 Å². The molecule has 124 valence electrons. The Kier molecular flexibility index (Phi) is 5.47. The lowest BCUT2D eigenvalue weighted by Gasteiger charge is -2.26. The fraction of sp³-hybridized carbons (Fsp3) is 0.526. The molecule has 1 atom stereocenters. The van der Waals surface area contributed by atoms with Crippen LogP contribution in [-0.4, -0.2) is 36.4 Å². The average Bonchev–Trinajstić information content (AvgIpc) is 3.00. The van der Waals surface area contributed by atoms with Gasteiger partial charge >= 0.3 is 0 Å². The first-order chi connectivity index (χ1) is 11.2. The van der Waals surface area contributed by atoms with E-state index >= 15 is 0 Å².